The first-order chi connectivity index (χ1) is 19.5. The van der Waals surface area contributed by atoms with Crippen LogP contribution in [-0.4, -0.2) is 57.3 Å². The van der Waals surface area contributed by atoms with Crippen LogP contribution in [0.3, 0.4) is 0 Å². The molecule has 0 aromatic heterocycles. The Bertz CT molecular complexity index is 1220. The summed E-state index contributed by atoms with van der Waals surface area (Å²) in [7, 11) is 0.0304. The number of hydrogen-bond acceptors (Lipinski definition) is 6. The fourth-order valence-electron chi connectivity index (χ4n) is 2.85. The molecule has 2 aromatic carbocycles. The number of carbonyl (C=O) groups excluding carboxylic acids is 1. The molecule has 43 heavy (non-hydrogen) atoms. The lowest BCUT2D eigenvalue weighted by Crippen LogP contribution is -2.36. The third kappa shape index (κ3) is 15.8. The van der Waals surface area contributed by atoms with Gasteiger partial charge < -0.3 is 14.2 Å². The van der Waals surface area contributed by atoms with E-state index in [2.05, 4.69) is 20.7 Å². The highest BCUT2D eigenvalue weighted by atomic mass is 35.5. The van der Waals surface area contributed by atoms with Gasteiger partial charge in [-0.25, -0.2) is 21.9 Å². The molecule has 0 saturated heterocycles. The molecular formula is C30H47ClF2N2O6S2. The third-order valence-corrected chi connectivity index (χ3v) is 8.01. The Hall–Kier alpha value is -2.41. The summed E-state index contributed by atoms with van der Waals surface area (Å²) in [5.41, 5.74) is 1.06. The molecule has 0 aliphatic rings. The van der Waals surface area contributed by atoms with E-state index < -0.39 is 55.1 Å². The third-order valence-electron chi connectivity index (χ3n) is 5.06. The second-order valence-electron chi connectivity index (χ2n) is 10.4. The van der Waals surface area contributed by atoms with E-state index >= 15 is 0 Å². The summed E-state index contributed by atoms with van der Waals surface area (Å²) in [4.78, 5) is 11.8. The normalized spacial score (nSPS) is 13.2. The largest absolute Gasteiger partial charge is 0.494 e. The second-order valence-corrected chi connectivity index (χ2v) is 14.4. The number of halogens is 3. The van der Waals surface area contributed by atoms with Crippen molar-refractivity contribution in [1.29, 1.82) is 0 Å². The summed E-state index contributed by atoms with van der Waals surface area (Å²) in [6, 6.07) is 8.23. The zero-order valence-electron chi connectivity index (χ0n) is 25.9. The molecule has 0 bridgehead atoms. The van der Waals surface area contributed by atoms with Gasteiger partial charge >= 0.3 is 5.97 Å². The number of carbonyl (C=O) groups is 1. The van der Waals surface area contributed by atoms with E-state index in [1.807, 2.05) is 41.5 Å². The fraction of sp³-hybridized carbons (Fsp3) is 0.533. The zero-order valence-corrected chi connectivity index (χ0v) is 28.3. The number of methoxy groups -OCH3 is 2. The lowest BCUT2D eigenvalue weighted by atomic mass is 10.0. The highest BCUT2D eigenvalue weighted by Gasteiger charge is 2.26. The van der Waals surface area contributed by atoms with Crippen molar-refractivity contribution in [1.82, 2.24) is 4.72 Å². The van der Waals surface area contributed by atoms with Crippen molar-refractivity contribution in [2.75, 3.05) is 27.2 Å². The number of nitrogens with zero attached hydrogens (tertiary/aromatic N) is 1. The van der Waals surface area contributed by atoms with Crippen molar-refractivity contribution >= 4 is 45.8 Å². The van der Waals surface area contributed by atoms with Gasteiger partial charge in [0.1, 0.15) is 11.0 Å². The van der Waals surface area contributed by atoms with Crippen molar-refractivity contribution in [2.24, 2.45) is 4.40 Å². The average molecular weight is 669 g/mol. The topological polar surface area (TPSA) is 103 Å². The molecule has 0 saturated carbocycles. The Morgan fingerprint density at radius 3 is 1.88 bits per heavy atom. The van der Waals surface area contributed by atoms with E-state index in [4.69, 9.17) is 14.2 Å². The maximum atomic E-state index is 13.9. The van der Waals surface area contributed by atoms with Crippen molar-refractivity contribution < 1.29 is 36.2 Å². The second kappa shape index (κ2) is 20.5. The number of esters is 1. The Morgan fingerprint density at radius 2 is 1.47 bits per heavy atom. The van der Waals surface area contributed by atoms with Crippen LogP contribution in [0.5, 0.6) is 11.5 Å². The van der Waals surface area contributed by atoms with Crippen LogP contribution in [0.25, 0.3) is 0 Å². The minimum atomic E-state index is -1.41. The number of rotatable bonds is 10. The quantitative estimate of drug-likeness (QED) is 0.165. The lowest BCUT2D eigenvalue weighted by Gasteiger charge is -2.24. The Labute approximate surface area is 266 Å². The molecule has 0 aliphatic carbocycles. The van der Waals surface area contributed by atoms with Crippen molar-refractivity contribution in [3.63, 3.8) is 0 Å². The van der Waals surface area contributed by atoms with Gasteiger partial charge in [-0.15, -0.1) is 11.6 Å². The SMILES string of the molecule is C.CCOC(=O)C[C@H](N[S@](=O)C(C)(C)C)c1ccc(OC)c(F)c1.CCl.COc1ccc(C=N[S@](=O)C(C)(C)C)cc1F. The summed E-state index contributed by atoms with van der Waals surface area (Å²) < 4.78 is 71.7. The van der Waals surface area contributed by atoms with E-state index in [-0.39, 0.29) is 32.0 Å². The van der Waals surface area contributed by atoms with Gasteiger partial charge in [0, 0.05) is 12.6 Å². The van der Waals surface area contributed by atoms with Crippen LogP contribution >= 0.6 is 11.6 Å². The molecule has 1 N–H and O–H groups in total. The van der Waals surface area contributed by atoms with Crippen molar-refractivity contribution in [3.8, 4) is 11.5 Å². The standard InChI is InChI=1S/C16H24FNO4S.C12H16FNO2S.CH3Cl.CH4/c1-6-22-15(19)10-13(18-23(20)16(2,3)4)11-7-8-14(21-5)12(17)9-11;1-12(2,3)17(15)14-8-9-5-6-11(16-4)10(13)7-9;1-2;/h7-9,13,18H,6,10H2,1-5H3;5-8H,1-4H3;1H3;1H4/t13-,23+;17-;;/m01../s1. The van der Waals surface area contributed by atoms with Gasteiger partial charge in [-0.1, -0.05) is 13.5 Å². The Balaban J connectivity index is 0. The first-order valence-electron chi connectivity index (χ1n) is 12.9. The van der Waals surface area contributed by atoms with Gasteiger partial charge in [-0.2, -0.15) is 4.40 Å². The van der Waals surface area contributed by atoms with Gasteiger partial charge in [-0.3, -0.25) is 4.79 Å². The predicted molar refractivity (Wildman–Crippen MR) is 175 cm³/mol. The number of hydrogen-bond donors (Lipinski definition) is 1. The molecule has 2 rings (SSSR count). The van der Waals surface area contributed by atoms with E-state index in [0.29, 0.717) is 11.1 Å². The van der Waals surface area contributed by atoms with Gasteiger partial charge in [-0.05, 0) is 89.9 Å². The van der Waals surface area contributed by atoms with E-state index in [1.165, 1.54) is 51.1 Å². The minimum Gasteiger partial charge on any atom is -0.494 e. The first kappa shape index (κ1) is 42.7. The molecule has 0 fully saturated rings. The molecular weight excluding hydrogens is 622 g/mol. The molecule has 0 heterocycles. The molecule has 246 valence electrons. The van der Waals surface area contributed by atoms with Crippen LogP contribution in [0.4, 0.5) is 8.78 Å². The number of benzene rings is 2. The molecule has 13 heteroatoms. The maximum Gasteiger partial charge on any atom is 0.307 e. The summed E-state index contributed by atoms with van der Waals surface area (Å²) in [5, 5.41) is 0. The Kier molecular flexibility index (Phi) is 20.4. The van der Waals surface area contributed by atoms with Gasteiger partial charge in [0.25, 0.3) is 0 Å². The van der Waals surface area contributed by atoms with Crippen LogP contribution in [0.1, 0.15) is 79.5 Å². The zero-order chi connectivity index (χ0) is 32.7. The highest BCUT2D eigenvalue weighted by Crippen LogP contribution is 2.26. The van der Waals surface area contributed by atoms with Gasteiger partial charge in [0.05, 0.1) is 53.8 Å². The summed E-state index contributed by atoms with van der Waals surface area (Å²) in [6.45, 7) is 12.9. The molecule has 2 aromatic rings. The predicted octanol–water partition coefficient (Wildman–Crippen LogP) is 7.09. The Morgan fingerprint density at radius 1 is 0.953 bits per heavy atom. The minimum absolute atomic E-state index is 0. The molecule has 8 nitrogen and oxygen atoms in total. The van der Waals surface area contributed by atoms with E-state index in [1.54, 1.807) is 19.1 Å². The molecule has 0 spiro atoms. The van der Waals surface area contributed by atoms with Crippen LogP contribution < -0.4 is 14.2 Å². The maximum absolute atomic E-state index is 13.9. The molecule has 0 aliphatic heterocycles. The summed E-state index contributed by atoms with van der Waals surface area (Å²) in [6.07, 6.45) is 2.84. The van der Waals surface area contributed by atoms with E-state index in [9.17, 15) is 22.0 Å². The fourth-order valence-corrected chi connectivity index (χ4v) is 4.21. The van der Waals surface area contributed by atoms with Crippen molar-refractivity contribution in [3.05, 3.63) is 59.2 Å². The number of alkyl halides is 1. The number of nitrogens with one attached hydrogen (secondary N) is 1. The van der Waals surface area contributed by atoms with Crippen LogP contribution in [0.2, 0.25) is 0 Å². The van der Waals surface area contributed by atoms with Gasteiger partial charge in [0.2, 0.25) is 0 Å². The molecule has 0 unspecified atom stereocenters. The van der Waals surface area contributed by atoms with Crippen LogP contribution in [0.15, 0.2) is 40.8 Å². The monoisotopic (exact) mass is 668 g/mol. The van der Waals surface area contributed by atoms with Gasteiger partial charge in [0.15, 0.2) is 23.1 Å². The molecule has 3 atom stereocenters. The molecule has 0 radical (unpaired) electrons. The molecule has 0 amide bonds. The summed E-state index contributed by atoms with van der Waals surface area (Å²) >= 11 is 4.64. The smallest absolute Gasteiger partial charge is 0.307 e. The lowest BCUT2D eigenvalue weighted by molar-refractivity contribution is -0.143. The highest BCUT2D eigenvalue weighted by molar-refractivity contribution is 7.85. The van der Waals surface area contributed by atoms with Crippen LogP contribution in [0, 0.1) is 11.6 Å². The first-order valence-corrected chi connectivity index (χ1v) is 15.9. The number of ether oxygens (including phenoxy) is 3. The average Bonchev–Trinajstić information content (AvgIpc) is 2.91. The summed E-state index contributed by atoms with van der Waals surface area (Å²) in [5.74, 6) is -1.15. The van der Waals surface area contributed by atoms with Crippen molar-refractivity contribution in [2.45, 2.75) is 77.8 Å². The van der Waals surface area contributed by atoms with Crippen LogP contribution in [-0.2, 0) is 31.5 Å². The van der Waals surface area contributed by atoms with E-state index in [0.717, 1.165) is 0 Å².